The Morgan fingerprint density at radius 3 is 2.86 bits per heavy atom. The van der Waals surface area contributed by atoms with E-state index in [1.54, 1.807) is 0 Å². The number of nitrogens with one attached hydrogen (secondary N) is 2. The Morgan fingerprint density at radius 2 is 2.11 bits per heavy atom. The summed E-state index contributed by atoms with van der Waals surface area (Å²) in [7, 11) is -2.90. The number of carbonyl (C=O) groups excluding carboxylic acids is 1. The van der Waals surface area contributed by atoms with Gasteiger partial charge in [-0.25, -0.2) is 9.97 Å². The molecule has 2 heterocycles. The second kappa shape index (κ2) is 10.9. The normalized spacial score (nSPS) is 20.2. The summed E-state index contributed by atoms with van der Waals surface area (Å²) in [4.78, 5) is 25.1. The van der Waals surface area contributed by atoms with Crippen LogP contribution in [0.2, 0.25) is 5.02 Å². The predicted octanol–water partition coefficient (Wildman–Crippen LogP) is 3.67. The lowest BCUT2D eigenvalue weighted by molar-refractivity contribution is 0.104. The summed E-state index contributed by atoms with van der Waals surface area (Å²) in [5, 5.41) is 14.1. The van der Waals surface area contributed by atoms with Gasteiger partial charge in [0.25, 0.3) is 0 Å². The molecule has 1 aliphatic rings. The molecule has 0 saturated heterocycles. The minimum Gasteiger partial charge on any atom is -0.391 e. The molecule has 35 heavy (non-hydrogen) atoms. The van der Waals surface area contributed by atoms with Crippen molar-refractivity contribution in [2.75, 3.05) is 12.4 Å². The molecule has 1 fully saturated rings. The lowest BCUT2D eigenvalue weighted by Gasteiger charge is -2.16. The molecular formula is C22H23ClN4O5S3. The number of halogens is 1. The molecular weight excluding hydrogens is 532 g/mol. The number of aliphatic hydroxyl groups excluding tert-OH is 1. The third kappa shape index (κ3) is 6.39. The van der Waals surface area contributed by atoms with E-state index in [-0.39, 0.29) is 18.2 Å². The minimum absolute atomic E-state index is 0.227. The Bertz CT molecular complexity index is 1330. The van der Waals surface area contributed by atoms with E-state index in [1.807, 2.05) is 37.3 Å². The number of carbonyl (C=O) groups is 1. The molecule has 186 valence electrons. The maximum Gasteiger partial charge on any atom is 0.335 e. The SMILES string of the molecule is COS(=O)(=O)N[C@@H]1C[C@@H](Nc2ncncc2C(=O)c2cc(Sc3cccc(Cl)c3)c(C)s2)C[C@@H]1O. The van der Waals surface area contributed by atoms with Crippen LogP contribution in [0.15, 0.2) is 52.6 Å². The van der Waals surface area contributed by atoms with Crippen molar-refractivity contribution >= 4 is 56.6 Å². The molecule has 3 aromatic rings. The van der Waals surface area contributed by atoms with E-state index in [2.05, 4.69) is 24.2 Å². The van der Waals surface area contributed by atoms with Crippen molar-refractivity contribution in [1.29, 1.82) is 0 Å². The van der Waals surface area contributed by atoms with Gasteiger partial charge in [-0.05, 0) is 44.0 Å². The molecule has 1 aromatic carbocycles. The van der Waals surface area contributed by atoms with Crippen LogP contribution in [0.25, 0.3) is 0 Å². The van der Waals surface area contributed by atoms with Crippen LogP contribution in [0.1, 0.15) is 33.0 Å². The zero-order valence-corrected chi connectivity index (χ0v) is 22.0. The number of hydrogen-bond acceptors (Lipinski definition) is 10. The first-order chi connectivity index (χ1) is 16.6. The highest BCUT2D eigenvalue weighted by Crippen LogP contribution is 2.37. The standard InChI is InChI=1S/C22H23ClN4O5S3/c1-12-19(34-15-5-3-4-13(23)6-15)9-20(33-12)21(29)16-10-24-11-25-22(16)26-14-7-17(18(28)8-14)27-35(30,31)32-2/h3-6,9-11,14,17-18,27-28H,7-8H2,1-2H3,(H,24,25,26)/t14-,17-,18+/m1/s1. The summed E-state index contributed by atoms with van der Waals surface area (Å²) in [6, 6.07) is 8.33. The van der Waals surface area contributed by atoms with Crippen molar-refractivity contribution < 1.29 is 22.5 Å². The van der Waals surface area contributed by atoms with Gasteiger partial charge in [0.15, 0.2) is 0 Å². The zero-order valence-electron chi connectivity index (χ0n) is 18.8. The van der Waals surface area contributed by atoms with Crippen molar-refractivity contribution in [3.63, 3.8) is 0 Å². The summed E-state index contributed by atoms with van der Waals surface area (Å²) >= 11 is 9.01. The van der Waals surface area contributed by atoms with Gasteiger partial charge in [-0.1, -0.05) is 29.4 Å². The van der Waals surface area contributed by atoms with Crippen LogP contribution < -0.4 is 10.0 Å². The van der Waals surface area contributed by atoms with Crippen molar-refractivity contribution in [2.45, 2.75) is 47.7 Å². The molecule has 0 spiro atoms. The zero-order chi connectivity index (χ0) is 25.2. The van der Waals surface area contributed by atoms with Gasteiger partial charge in [0, 0.05) is 31.9 Å². The summed E-state index contributed by atoms with van der Waals surface area (Å²) in [5.74, 6) is 0.0990. The van der Waals surface area contributed by atoms with Gasteiger partial charge in [-0.15, -0.1) is 11.3 Å². The summed E-state index contributed by atoms with van der Waals surface area (Å²) in [6.45, 7) is 1.95. The van der Waals surface area contributed by atoms with Crippen LogP contribution in [0.5, 0.6) is 0 Å². The minimum atomic E-state index is -3.94. The monoisotopic (exact) mass is 554 g/mol. The number of aromatic nitrogens is 2. The topological polar surface area (TPSA) is 131 Å². The maximum atomic E-state index is 13.4. The molecule has 2 aromatic heterocycles. The predicted molar refractivity (Wildman–Crippen MR) is 136 cm³/mol. The van der Waals surface area contributed by atoms with E-state index in [0.717, 1.165) is 21.8 Å². The van der Waals surface area contributed by atoms with E-state index in [4.69, 9.17) is 11.6 Å². The smallest absolute Gasteiger partial charge is 0.335 e. The van der Waals surface area contributed by atoms with Crippen LogP contribution in [0.4, 0.5) is 5.82 Å². The number of anilines is 1. The molecule has 1 aliphatic carbocycles. The molecule has 0 unspecified atom stereocenters. The van der Waals surface area contributed by atoms with Crippen molar-refractivity contribution in [3.8, 4) is 0 Å². The molecule has 0 radical (unpaired) electrons. The third-order valence-electron chi connectivity index (χ3n) is 5.46. The van der Waals surface area contributed by atoms with Gasteiger partial charge in [-0.2, -0.15) is 13.1 Å². The van der Waals surface area contributed by atoms with Crippen molar-refractivity contribution in [1.82, 2.24) is 14.7 Å². The highest BCUT2D eigenvalue weighted by molar-refractivity contribution is 7.99. The first-order valence-electron chi connectivity index (χ1n) is 10.6. The van der Waals surface area contributed by atoms with Gasteiger partial charge >= 0.3 is 10.3 Å². The molecule has 0 amide bonds. The van der Waals surface area contributed by atoms with Crippen molar-refractivity contribution in [3.05, 3.63) is 63.2 Å². The lowest BCUT2D eigenvalue weighted by atomic mass is 10.1. The van der Waals surface area contributed by atoms with Crippen LogP contribution in [0.3, 0.4) is 0 Å². The largest absolute Gasteiger partial charge is 0.391 e. The van der Waals surface area contributed by atoms with Gasteiger partial charge in [0.2, 0.25) is 5.78 Å². The van der Waals surface area contributed by atoms with Gasteiger partial charge in [-0.3, -0.25) is 8.98 Å². The van der Waals surface area contributed by atoms with Crippen LogP contribution in [-0.4, -0.2) is 54.6 Å². The molecule has 1 saturated carbocycles. The third-order valence-corrected chi connectivity index (χ3v) is 9.04. The van der Waals surface area contributed by atoms with E-state index in [1.165, 1.54) is 35.6 Å². The lowest BCUT2D eigenvalue weighted by Crippen LogP contribution is -2.40. The second-order valence-electron chi connectivity index (χ2n) is 7.93. The number of thiophene rings is 1. The molecule has 4 rings (SSSR count). The van der Waals surface area contributed by atoms with Crippen LogP contribution >= 0.6 is 34.7 Å². The van der Waals surface area contributed by atoms with Gasteiger partial charge < -0.3 is 10.4 Å². The highest BCUT2D eigenvalue weighted by atomic mass is 35.5. The Kier molecular flexibility index (Phi) is 8.11. The van der Waals surface area contributed by atoms with Gasteiger partial charge in [0.05, 0.1) is 29.7 Å². The molecule has 13 heteroatoms. The number of rotatable bonds is 9. The summed E-state index contributed by atoms with van der Waals surface area (Å²) < 4.78 is 30.1. The Hall–Kier alpha value is -2.06. The quantitative estimate of drug-likeness (QED) is 0.339. The molecule has 0 aliphatic heterocycles. The summed E-state index contributed by atoms with van der Waals surface area (Å²) in [5.41, 5.74) is 0.295. The number of ketones is 1. The average molecular weight is 555 g/mol. The van der Waals surface area contributed by atoms with Gasteiger partial charge in [0.1, 0.15) is 12.1 Å². The first kappa shape index (κ1) is 26.0. The van der Waals surface area contributed by atoms with E-state index in [0.29, 0.717) is 27.7 Å². The molecule has 9 nitrogen and oxygen atoms in total. The summed E-state index contributed by atoms with van der Waals surface area (Å²) in [6.07, 6.45) is 2.43. The first-order valence-corrected chi connectivity index (χ1v) is 14.0. The Morgan fingerprint density at radius 1 is 1.31 bits per heavy atom. The number of aliphatic hydroxyl groups is 1. The van der Waals surface area contributed by atoms with E-state index < -0.39 is 22.4 Å². The van der Waals surface area contributed by atoms with E-state index >= 15 is 0 Å². The second-order valence-corrected chi connectivity index (χ2v) is 12.2. The number of aryl methyl sites for hydroxylation is 1. The fourth-order valence-electron chi connectivity index (χ4n) is 3.77. The van der Waals surface area contributed by atoms with E-state index in [9.17, 15) is 18.3 Å². The number of hydrogen-bond donors (Lipinski definition) is 3. The molecule has 3 N–H and O–H groups in total. The van der Waals surface area contributed by atoms with Crippen LogP contribution in [0, 0.1) is 6.92 Å². The van der Waals surface area contributed by atoms with Crippen molar-refractivity contribution in [2.24, 2.45) is 0 Å². The highest BCUT2D eigenvalue weighted by Gasteiger charge is 2.36. The maximum absolute atomic E-state index is 13.4. The Labute approximate surface area is 216 Å². The Balaban J connectivity index is 1.50. The number of benzene rings is 1. The molecule has 0 bridgehead atoms. The number of nitrogens with zero attached hydrogens (tertiary/aromatic N) is 2. The molecule has 3 atom stereocenters. The fourth-order valence-corrected chi connectivity index (χ4v) is 6.84. The van der Waals surface area contributed by atoms with Crippen LogP contribution in [-0.2, 0) is 14.5 Å². The fraction of sp³-hybridized carbons (Fsp3) is 0.318. The average Bonchev–Trinajstić information content (AvgIpc) is 3.35.